The summed E-state index contributed by atoms with van der Waals surface area (Å²) in [5.74, 6) is -1.25. The minimum Gasteiger partial charge on any atom is -0.481 e. The molecule has 6 nitrogen and oxygen atoms in total. The van der Waals surface area contributed by atoms with Crippen LogP contribution in [0.25, 0.3) is 0 Å². The summed E-state index contributed by atoms with van der Waals surface area (Å²) in [6.45, 7) is 7.89. The predicted molar refractivity (Wildman–Crippen MR) is 75.4 cm³/mol. The zero-order valence-electron chi connectivity index (χ0n) is 12.7. The highest BCUT2D eigenvalue weighted by atomic mass is 16.4. The smallest absolute Gasteiger partial charge is 0.332 e. The van der Waals surface area contributed by atoms with Crippen molar-refractivity contribution in [1.82, 2.24) is 0 Å². The van der Waals surface area contributed by atoms with E-state index in [9.17, 15) is 9.59 Å². The molecule has 0 aromatic rings. The number of hydrogen-bond acceptors (Lipinski definition) is 4. The molecular formula is C14H28O6. The largest absolute Gasteiger partial charge is 0.481 e. The molecule has 6 heteroatoms. The molecule has 0 aliphatic rings. The van der Waals surface area contributed by atoms with Crippen molar-refractivity contribution in [2.45, 2.75) is 65.6 Å². The van der Waals surface area contributed by atoms with Crippen LogP contribution >= 0.6 is 0 Å². The Kier molecular flexibility index (Phi) is 12.3. The van der Waals surface area contributed by atoms with Gasteiger partial charge in [0, 0.05) is 0 Å². The Labute approximate surface area is 120 Å². The van der Waals surface area contributed by atoms with E-state index in [4.69, 9.17) is 20.4 Å². The number of carbonyl (C=O) groups is 2. The number of carboxylic acids is 2. The molecule has 0 aliphatic heterocycles. The van der Waals surface area contributed by atoms with Crippen molar-refractivity contribution in [2.24, 2.45) is 11.8 Å². The molecule has 0 aromatic carbocycles. The van der Waals surface area contributed by atoms with Gasteiger partial charge in [0.1, 0.15) is 0 Å². The molecule has 0 amide bonds. The van der Waals surface area contributed by atoms with Crippen LogP contribution in [0.15, 0.2) is 0 Å². The average molecular weight is 292 g/mol. The van der Waals surface area contributed by atoms with Crippen molar-refractivity contribution in [3.05, 3.63) is 0 Å². The quantitative estimate of drug-likeness (QED) is 0.541. The Morgan fingerprint density at radius 1 is 0.900 bits per heavy atom. The van der Waals surface area contributed by atoms with E-state index < -0.39 is 24.1 Å². The van der Waals surface area contributed by atoms with Gasteiger partial charge in [-0.05, 0) is 31.1 Å². The summed E-state index contributed by atoms with van der Waals surface area (Å²) in [4.78, 5) is 20.1. The van der Waals surface area contributed by atoms with Crippen molar-refractivity contribution in [3.8, 4) is 0 Å². The summed E-state index contributed by atoms with van der Waals surface area (Å²) in [6.07, 6.45) is -0.329. The second-order valence-corrected chi connectivity index (χ2v) is 5.71. The Morgan fingerprint density at radius 3 is 1.70 bits per heavy atom. The van der Waals surface area contributed by atoms with Crippen molar-refractivity contribution in [2.75, 3.05) is 0 Å². The van der Waals surface area contributed by atoms with Crippen molar-refractivity contribution in [1.29, 1.82) is 0 Å². The molecule has 0 aliphatic carbocycles. The lowest BCUT2D eigenvalue weighted by molar-refractivity contribution is -0.147. The van der Waals surface area contributed by atoms with Crippen LogP contribution in [0.1, 0.15) is 53.4 Å². The first kappa shape index (κ1) is 21.2. The van der Waals surface area contributed by atoms with Crippen molar-refractivity contribution in [3.63, 3.8) is 0 Å². The monoisotopic (exact) mass is 292 g/mol. The Balaban J connectivity index is 0. The molecule has 0 saturated heterocycles. The maximum atomic E-state index is 10.1. The third-order valence-electron chi connectivity index (χ3n) is 2.46. The van der Waals surface area contributed by atoms with E-state index in [1.54, 1.807) is 0 Å². The molecule has 20 heavy (non-hydrogen) atoms. The van der Waals surface area contributed by atoms with Crippen LogP contribution in [0.2, 0.25) is 0 Å². The average Bonchev–Trinajstić information content (AvgIpc) is 2.23. The lowest BCUT2D eigenvalue weighted by Crippen LogP contribution is -2.19. The van der Waals surface area contributed by atoms with E-state index in [0.29, 0.717) is 24.7 Å². The molecule has 0 fully saturated rings. The van der Waals surface area contributed by atoms with Gasteiger partial charge in [-0.25, -0.2) is 4.79 Å². The van der Waals surface area contributed by atoms with E-state index in [1.165, 1.54) is 0 Å². The number of aliphatic hydroxyl groups excluding tert-OH is 2. The van der Waals surface area contributed by atoms with Crippen LogP contribution in [0.4, 0.5) is 0 Å². The molecular weight excluding hydrogens is 264 g/mol. The third-order valence-corrected chi connectivity index (χ3v) is 2.46. The van der Waals surface area contributed by atoms with Gasteiger partial charge in [-0.1, -0.05) is 27.7 Å². The highest BCUT2D eigenvalue weighted by molar-refractivity contribution is 5.71. The van der Waals surface area contributed by atoms with Crippen LogP contribution in [0.5, 0.6) is 0 Å². The first-order valence-electron chi connectivity index (χ1n) is 6.86. The van der Waals surface area contributed by atoms with E-state index in [1.807, 2.05) is 27.7 Å². The van der Waals surface area contributed by atoms with Gasteiger partial charge < -0.3 is 20.4 Å². The summed E-state index contributed by atoms with van der Waals surface area (Å²) >= 11 is 0. The molecule has 2 unspecified atom stereocenters. The Hall–Kier alpha value is -1.14. The number of rotatable bonds is 8. The number of aliphatic carboxylic acids is 2. The van der Waals surface area contributed by atoms with Gasteiger partial charge in [-0.3, -0.25) is 4.79 Å². The van der Waals surface area contributed by atoms with Crippen LogP contribution < -0.4 is 0 Å². The maximum Gasteiger partial charge on any atom is 0.332 e. The number of carboxylic acid groups (broad SMARTS) is 2. The summed E-state index contributed by atoms with van der Waals surface area (Å²) in [5.41, 5.74) is 0. The van der Waals surface area contributed by atoms with Crippen LogP contribution in [0, 0.1) is 11.8 Å². The van der Waals surface area contributed by atoms with Gasteiger partial charge in [-0.2, -0.15) is 0 Å². The van der Waals surface area contributed by atoms with Gasteiger partial charge in [-0.15, -0.1) is 0 Å². The molecule has 0 spiro atoms. The van der Waals surface area contributed by atoms with E-state index in [-0.39, 0.29) is 6.42 Å². The fourth-order valence-corrected chi connectivity index (χ4v) is 1.44. The second-order valence-electron chi connectivity index (χ2n) is 5.71. The Bertz CT molecular complexity index is 275. The lowest BCUT2D eigenvalue weighted by atomic mass is 10.0. The van der Waals surface area contributed by atoms with Gasteiger partial charge in [0.2, 0.25) is 0 Å². The number of hydrogen-bond donors (Lipinski definition) is 4. The maximum absolute atomic E-state index is 10.1. The van der Waals surface area contributed by atoms with Crippen molar-refractivity contribution >= 4 is 11.9 Å². The normalized spacial score (nSPS) is 13.6. The first-order valence-corrected chi connectivity index (χ1v) is 6.86. The summed E-state index contributed by atoms with van der Waals surface area (Å²) in [6, 6.07) is 0. The minimum atomic E-state index is -1.18. The molecule has 0 rings (SSSR count). The summed E-state index contributed by atoms with van der Waals surface area (Å²) in [7, 11) is 0. The molecule has 0 saturated carbocycles. The molecule has 0 aromatic heterocycles. The third kappa shape index (κ3) is 16.9. The summed E-state index contributed by atoms with van der Waals surface area (Å²) in [5, 5.41) is 34.3. The van der Waals surface area contributed by atoms with E-state index in [0.717, 1.165) is 6.42 Å². The number of aliphatic hydroxyl groups is 2. The topological polar surface area (TPSA) is 115 Å². The summed E-state index contributed by atoms with van der Waals surface area (Å²) < 4.78 is 0. The highest BCUT2D eigenvalue weighted by Gasteiger charge is 2.12. The fourth-order valence-electron chi connectivity index (χ4n) is 1.44. The lowest BCUT2D eigenvalue weighted by Gasteiger charge is -2.09. The van der Waals surface area contributed by atoms with Crippen molar-refractivity contribution < 1.29 is 30.0 Å². The second kappa shape index (κ2) is 11.7. The zero-order valence-corrected chi connectivity index (χ0v) is 12.7. The molecule has 2 atom stereocenters. The first-order chi connectivity index (χ1) is 9.06. The molecule has 120 valence electrons. The van der Waals surface area contributed by atoms with Gasteiger partial charge >= 0.3 is 11.9 Å². The molecule has 4 N–H and O–H groups in total. The van der Waals surface area contributed by atoms with Gasteiger partial charge in [0.05, 0.1) is 12.5 Å². The molecule has 0 bridgehead atoms. The van der Waals surface area contributed by atoms with Gasteiger partial charge in [0.25, 0.3) is 0 Å². The van der Waals surface area contributed by atoms with Gasteiger partial charge in [0.15, 0.2) is 6.10 Å². The fraction of sp³-hybridized carbons (Fsp3) is 0.857. The van der Waals surface area contributed by atoms with Crippen LogP contribution in [-0.2, 0) is 9.59 Å². The highest BCUT2D eigenvalue weighted by Crippen LogP contribution is 2.07. The SMILES string of the molecule is CC(C)CC(O)CC(=O)O.CC(C)CCC(O)C(=O)O. The van der Waals surface area contributed by atoms with Crippen LogP contribution in [-0.4, -0.2) is 44.6 Å². The predicted octanol–water partition coefficient (Wildman–Crippen LogP) is 1.74. The standard InChI is InChI=1S/2C7H14O3/c1-5(2)3-6(8)4-7(9)10;1-5(2)3-4-6(8)7(9)10/h2*5-6,8H,3-4H2,1-2H3,(H,9,10). The molecule has 0 heterocycles. The zero-order chi connectivity index (χ0) is 16.3. The minimum absolute atomic E-state index is 0.141. The van der Waals surface area contributed by atoms with Crippen LogP contribution in [0.3, 0.4) is 0 Å². The molecule has 0 radical (unpaired) electrons. The Morgan fingerprint density at radius 2 is 1.40 bits per heavy atom. The van der Waals surface area contributed by atoms with E-state index in [2.05, 4.69) is 0 Å². The van der Waals surface area contributed by atoms with E-state index >= 15 is 0 Å².